The summed E-state index contributed by atoms with van der Waals surface area (Å²) in [4.78, 5) is 0. The number of hydrogen-bond acceptors (Lipinski definition) is 1. The Hall–Kier alpha value is -0.110. The average molecular weight is 287 g/mol. The van der Waals surface area contributed by atoms with Crippen molar-refractivity contribution in [1.29, 1.82) is 0 Å². The van der Waals surface area contributed by atoms with Crippen LogP contribution in [0.2, 0.25) is 5.02 Å². The van der Waals surface area contributed by atoms with Gasteiger partial charge in [-0.25, -0.2) is 0 Å². The van der Waals surface area contributed by atoms with Crippen molar-refractivity contribution in [2.45, 2.75) is 37.4 Å². The summed E-state index contributed by atoms with van der Waals surface area (Å²) in [5.74, 6) is 0. The molecule has 1 aliphatic carbocycles. The molecule has 0 aromatic heterocycles. The predicted molar refractivity (Wildman–Crippen MR) is 79.7 cm³/mol. The average Bonchev–Trinajstić information content (AvgIpc) is 2.38. The highest BCUT2D eigenvalue weighted by Gasteiger charge is 2.12. The predicted octanol–water partition coefficient (Wildman–Crippen LogP) is 5.94. The number of benzene rings is 1. The van der Waals surface area contributed by atoms with Crippen LogP contribution in [0.1, 0.15) is 37.7 Å². The van der Waals surface area contributed by atoms with Crippen molar-refractivity contribution in [2.24, 2.45) is 0 Å². The van der Waals surface area contributed by atoms with Crippen LogP contribution >= 0.6 is 35.0 Å². The number of halogens is 2. The van der Waals surface area contributed by atoms with Crippen molar-refractivity contribution in [3.63, 3.8) is 0 Å². The Kier molecular flexibility index (Phi) is 5.27. The van der Waals surface area contributed by atoms with Gasteiger partial charge in [0.2, 0.25) is 0 Å². The van der Waals surface area contributed by atoms with Crippen LogP contribution in [0.25, 0.3) is 5.03 Å². The van der Waals surface area contributed by atoms with Gasteiger partial charge in [-0.05, 0) is 35.9 Å². The first-order valence-corrected chi connectivity index (χ1v) is 7.72. The maximum atomic E-state index is 6.27. The van der Waals surface area contributed by atoms with Crippen LogP contribution in [0.4, 0.5) is 0 Å². The lowest BCUT2D eigenvalue weighted by molar-refractivity contribution is 0.517. The van der Waals surface area contributed by atoms with Crippen molar-refractivity contribution in [1.82, 2.24) is 0 Å². The van der Waals surface area contributed by atoms with Crippen LogP contribution in [-0.2, 0) is 0 Å². The Bertz CT molecular complexity index is 378. The third-order valence-corrected chi connectivity index (χ3v) is 4.97. The van der Waals surface area contributed by atoms with Gasteiger partial charge < -0.3 is 0 Å². The van der Waals surface area contributed by atoms with Gasteiger partial charge in [-0.1, -0.05) is 54.6 Å². The second-order valence-electron chi connectivity index (χ2n) is 4.37. The van der Waals surface area contributed by atoms with E-state index in [0.717, 1.165) is 20.9 Å². The highest BCUT2D eigenvalue weighted by molar-refractivity contribution is 8.02. The third kappa shape index (κ3) is 4.24. The van der Waals surface area contributed by atoms with Crippen molar-refractivity contribution in [2.75, 3.05) is 0 Å². The Balaban J connectivity index is 1.94. The van der Waals surface area contributed by atoms with Gasteiger partial charge >= 0.3 is 0 Å². The first kappa shape index (κ1) is 13.3. The fourth-order valence-electron chi connectivity index (χ4n) is 2.03. The Morgan fingerprint density at radius 1 is 1.12 bits per heavy atom. The maximum absolute atomic E-state index is 6.27. The lowest BCUT2D eigenvalue weighted by atomic mass is 10.0. The summed E-state index contributed by atoms with van der Waals surface area (Å²) in [6.45, 7) is 0. The highest BCUT2D eigenvalue weighted by atomic mass is 35.5. The van der Waals surface area contributed by atoms with Crippen molar-refractivity contribution < 1.29 is 0 Å². The van der Waals surface area contributed by atoms with E-state index in [9.17, 15) is 0 Å². The summed E-state index contributed by atoms with van der Waals surface area (Å²) in [5, 5.41) is 4.40. The number of rotatable bonds is 3. The lowest BCUT2D eigenvalue weighted by Gasteiger charge is -2.19. The SMILES string of the molecule is Cl/C(=C/SC1CCCCC1)c1ccc(Cl)cc1. The molecule has 0 bridgehead atoms. The smallest absolute Gasteiger partial charge is 0.0541 e. The summed E-state index contributed by atoms with van der Waals surface area (Å²) in [7, 11) is 0. The standard InChI is InChI=1S/C14H16Cl2S/c15-12-8-6-11(7-9-12)14(16)10-17-13-4-2-1-3-5-13/h6-10,13H,1-5H2/b14-10+. The fourth-order valence-corrected chi connectivity index (χ4v) is 3.49. The molecule has 0 heterocycles. The molecule has 0 unspecified atom stereocenters. The zero-order valence-electron chi connectivity index (χ0n) is 9.66. The molecule has 1 aromatic rings. The first-order chi connectivity index (χ1) is 8.25. The van der Waals surface area contributed by atoms with Gasteiger partial charge in [-0.3, -0.25) is 0 Å². The largest absolute Gasteiger partial charge is 0.129 e. The second kappa shape index (κ2) is 6.72. The molecule has 1 saturated carbocycles. The number of thioether (sulfide) groups is 1. The van der Waals surface area contributed by atoms with E-state index in [1.54, 1.807) is 0 Å². The molecule has 3 heteroatoms. The van der Waals surface area contributed by atoms with Crippen LogP contribution in [0.15, 0.2) is 29.7 Å². The van der Waals surface area contributed by atoms with E-state index in [0.29, 0.717) is 0 Å². The Morgan fingerprint density at radius 3 is 2.41 bits per heavy atom. The summed E-state index contributed by atoms with van der Waals surface area (Å²) in [5.41, 5.74) is 1.04. The molecule has 0 N–H and O–H groups in total. The van der Waals surface area contributed by atoms with E-state index in [1.165, 1.54) is 32.1 Å². The molecular formula is C14H16Cl2S. The zero-order valence-corrected chi connectivity index (χ0v) is 12.0. The minimum absolute atomic E-state index is 0.748. The molecule has 1 fully saturated rings. The topological polar surface area (TPSA) is 0 Å². The minimum atomic E-state index is 0.748. The summed E-state index contributed by atoms with van der Waals surface area (Å²) in [6, 6.07) is 7.67. The van der Waals surface area contributed by atoms with Gasteiger partial charge in [0, 0.05) is 10.3 Å². The molecule has 0 nitrogen and oxygen atoms in total. The molecule has 0 amide bonds. The van der Waals surface area contributed by atoms with Gasteiger partial charge in [0.15, 0.2) is 0 Å². The van der Waals surface area contributed by atoms with E-state index >= 15 is 0 Å². The normalized spacial score (nSPS) is 18.4. The van der Waals surface area contributed by atoms with E-state index in [2.05, 4.69) is 5.41 Å². The van der Waals surface area contributed by atoms with Crippen LogP contribution < -0.4 is 0 Å². The van der Waals surface area contributed by atoms with Gasteiger partial charge in [0.1, 0.15) is 0 Å². The Labute approximate surface area is 117 Å². The van der Waals surface area contributed by atoms with Gasteiger partial charge in [0.25, 0.3) is 0 Å². The molecule has 1 aliphatic rings. The summed E-state index contributed by atoms with van der Waals surface area (Å²) >= 11 is 14.0. The van der Waals surface area contributed by atoms with E-state index in [4.69, 9.17) is 23.2 Å². The van der Waals surface area contributed by atoms with E-state index < -0.39 is 0 Å². The molecule has 0 radical (unpaired) electrons. The van der Waals surface area contributed by atoms with Crippen LogP contribution in [0, 0.1) is 0 Å². The van der Waals surface area contributed by atoms with Gasteiger partial charge in [0.05, 0.1) is 5.03 Å². The molecule has 92 valence electrons. The molecule has 0 spiro atoms. The van der Waals surface area contributed by atoms with Crippen LogP contribution in [0.5, 0.6) is 0 Å². The first-order valence-electron chi connectivity index (χ1n) is 6.03. The summed E-state index contributed by atoms with van der Waals surface area (Å²) < 4.78 is 0. The van der Waals surface area contributed by atoms with E-state index in [1.807, 2.05) is 36.0 Å². The zero-order chi connectivity index (χ0) is 12.1. The van der Waals surface area contributed by atoms with Crippen LogP contribution in [-0.4, -0.2) is 5.25 Å². The molecule has 0 atom stereocenters. The van der Waals surface area contributed by atoms with Gasteiger partial charge in [-0.2, -0.15) is 0 Å². The van der Waals surface area contributed by atoms with Crippen LogP contribution in [0.3, 0.4) is 0 Å². The molecule has 0 aliphatic heterocycles. The molecular weight excluding hydrogens is 271 g/mol. The molecule has 17 heavy (non-hydrogen) atoms. The molecule has 1 aromatic carbocycles. The quantitative estimate of drug-likeness (QED) is 0.662. The molecule has 2 rings (SSSR count). The minimum Gasteiger partial charge on any atom is -0.129 e. The van der Waals surface area contributed by atoms with Crippen molar-refractivity contribution >= 4 is 40.0 Å². The van der Waals surface area contributed by atoms with Crippen molar-refractivity contribution in [3.8, 4) is 0 Å². The Morgan fingerprint density at radius 2 is 1.76 bits per heavy atom. The fraction of sp³-hybridized carbons (Fsp3) is 0.429. The highest BCUT2D eigenvalue weighted by Crippen LogP contribution is 2.32. The number of hydrogen-bond donors (Lipinski definition) is 0. The maximum Gasteiger partial charge on any atom is 0.0541 e. The van der Waals surface area contributed by atoms with Crippen molar-refractivity contribution in [3.05, 3.63) is 40.3 Å². The second-order valence-corrected chi connectivity index (χ2v) is 6.39. The van der Waals surface area contributed by atoms with E-state index in [-0.39, 0.29) is 0 Å². The third-order valence-electron chi connectivity index (χ3n) is 3.04. The molecule has 0 saturated heterocycles. The lowest BCUT2D eigenvalue weighted by Crippen LogP contribution is -2.06. The van der Waals surface area contributed by atoms with Gasteiger partial charge in [-0.15, -0.1) is 11.8 Å². The monoisotopic (exact) mass is 286 g/mol. The summed E-state index contributed by atoms with van der Waals surface area (Å²) in [6.07, 6.45) is 6.78.